The number of carbonyl (C=O) groups is 1. The van der Waals surface area contributed by atoms with Gasteiger partial charge in [0, 0.05) is 42.7 Å². The first-order chi connectivity index (χ1) is 15.4. The fraction of sp³-hybridized carbons (Fsp3) is 0.391. The van der Waals surface area contributed by atoms with E-state index in [1.165, 1.54) is 5.70 Å². The van der Waals surface area contributed by atoms with E-state index in [-0.39, 0.29) is 23.0 Å². The van der Waals surface area contributed by atoms with Crippen LogP contribution in [0, 0.1) is 5.92 Å². The van der Waals surface area contributed by atoms with Gasteiger partial charge in [0.15, 0.2) is 15.0 Å². The molecule has 2 aromatic rings. The van der Waals surface area contributed by atoms with Gasteiger partial charge in [-0.2, -0.15) is 0 Å². The molecular weight excluding hydrogens is 466 g/mol. The number of fused-ring (bicyclic) bond motifs is 2. The van der Waals surface area contributed by atoms with E-state index >= 15 is 0 Å². The molecule has 0 saturated carbocycles. The summed E-state index contributed by atoms with van der Waals surface area (Å²) in [6.45, 7) is 3.15. The number of piperidine rings is 1. The van der Waals surface area contributed by atoms with Crippen molar-refractivity contribution in [3.8, 4) is 0 Å². The maximum atomic E-state index is 12.8. The molecule has 1 fully saturated rings. The van der Waals surface area contributed by atoms with Gasteiger partial charge in [0.1, 0.15) is 0 Å². The number of likely N-dealkylation sites (tertiary alicyclic amines) is 1. The van der Waals surface area contributed by atoms with E-state index in [2.05, 4.69) is 15.3 Å². The number of halogens is 1. The van der Waals surface area contributed by atoms with Crippen molar-refractivity contribution in [3.05, 3.63) is 52.5 Å². The van der Waals surface area contributed by atoms with Crippen molar-refractivity contribution < 1.29 is 13.2 Å². The van der Waals surface area contributed by atoms with Gasteiger partial charge in [-0.3, -0.25) is 9.79 Å². The molecule has 5 rings (SSSR count). The minimum atomic E-state index is -3.54. The van der Waals surface area contributed by atoms with Gasteiger partial charge in [0.25, 0.3) is 0 Å². The molecule has 0 unspecified atom stereocenters. The number of carbonyl (C=O) groups excluding carboxylic acids is 1. The van der Waals surface area contributed by atoms with Gasteiger partial charge in [0.2, 0.25) is 5.91 Å². The normalized spacial score (nSPS) is 19.3. The molecule has 0 aromatic heterocycles. The zero-order chi connectivity index (χ0) is 22.3. The molecule has 0 bridgehead atoms. The first-order valence-electron chi connectivity index (χ1n) is 10.8. The average Bonchev–Trinajstić information content (AvgIpc) is 3.41. The number of thioether (sulfide) groups is 1. The van der Waals surface area contributed by atoms with E-state index in [0.717, 1.165) is 41.9 Å². The lowest BCUT2D eigenvalue weighted by Crippen LogP contribution is -2.41. The number of rotatable bonds is 5. The molecule has 3 heterocycles. The lowest BCUT2D eigenvalue weighted by atomic mass is 9.93. The third-order valence-corrected chi connectivity index (χ3v) is 9.25. The summed E-state index contributed by atoms with van der Waals surface area (Å²) >= 11 is 7.70. The Morgan fingerprint density at radius 2 is 1.84 bits per heavy atom. The Morgan fingerprint density at radius 3 is 2.66 bits per heavy atom. The second-order valence-electron chi connectivity index (χ2n) is 8.35. The smallest absolute Gasteiger partial charge is 0.223 e. The molecule has 1 saturated heterocycles. The van der Waals surface area contributed by atoms with Crippen LogP contribution in [0.2, 0.25) is 5.02 Å². The van der Waals surface area contributed by atoms with Crippen LogP contribution in [-0.4, -0.2) is 61.2 Å². The fourth-order valence-corrected chi connectivity index (χ4v) is 7.05. The molecule has 32 heavy (non-hydrogen) atoms. The van der Waals surface area contributed by atoms with Gasteiger partial charge in [-0.25, -0.2) is 8.42 Å². The molecule has 9 heteroatoms. The number of benzene rings is 2. The molecule has 6 nitrogen and oxygen atoms in total. The number of amidine groups is 1. The zero-order valence-corrected chi connectivity index (χ0v) is 19.9. The number of aliphatic imine (C=N–C) groups is 1. The Labute approximate surface area is 197 Å². The van der Waals surface area contributed by atoms with E-state index in [1.807, 2.05) is 4.90 Å². The summed E-state index contributed by atoms with van der Waals surface area (Å²) in [5, 5.41) is 5.61. The van der Waals surface area contributed by atoms with Crippen LogP contribution < -0.4 is 0 Å². The second-order valence-corrected chi connectivity index (χ2v) is 11.7. The quantitative estimate of drug-likeness (QED) is 0.630. The highest BCUT2D eigenvalue weighted by Crippen LogP contribution is 2.37. The summed E-state index contributed by atoms with van der Waals surface area (Å²) in [7, 11) is -3.54. The number of amides is 1. The van der Waals surface area contributed by atoms with Crippen molar-refractivity contribution in [2.75, 3.05) is 31.9 Å². The number of allylic oxidation sites excluding steroid dienone is 1. The van der Waals surface area contributed by atoms with Crippen molar-refractivity contribution in [3.63, 3.8) is 0 Å². The molecule has 0 N–H and O–H groups in total. The number of nitrogens with zero attached hydrogens (tertiary/aromatic N) is 3. The van der Waals surface area contributed by atoms with Gasteiger partial charge >= 0.3 is 0 Å². The molecule has 168 valence electrons. The molecular formula is C23H24ClN3O3S2. The summed E-state index contributed by atoms with van der Waals surface area (Å²) in [6, 6.07) is 10.4. The molecule has 3 aliphatic rings. The van der Waals surface area contributed by atoms with Crippen LogP contribution in [0.3, 0.4) is 0 Å². The Morgan fingerprint density at radius 1 is 1.09 bits per heavy atom. The summed E-state index contributed by atoms with van der Waals surface area (Å²) < 4.78 is 25.7. The Hall–Kier alpha value is -2.03. The van der Waals surface area contributed by atoms with Gasteiger partial charge in [-0.05, 0) is 53.3 Å². The lowest BCUT2D eigenvalue weighted by molar-refractivity contribution is -0.132. The predicted molar refractivity (Wildman–Crippen MR) is 130 cm³/mol. The van der Waals surface area contributed by atoms with E-state index < -0.39 is 9.84 Å². The molecule has 0 radical (unpaired) electrons. The molecule has 1 amide bonds. The van der Waals surface area contributed by atoms with Crippen molar-refractivity contribution in [2.24, 2.45) is 10.9 Å². The molecule has 2 aromatic carbocycles. The average molecular weight is 490 g/mol. The van der Waals surface area contributed by atoms with Gasteiger partial charge in [-0.15, -0.1) is 0 Å². The number of sulfone groups is 1. The Balaban J connectivity index is 1.17. The Kier molecular flexibility index (Phi) is 5.94. The monoisotopic (exact) mass is 489 g/mol. The van der Waals surface area contributed by atoms with Crippen molar-refractivity contribution >= 4 is 55.0 Å². The standard InChI is InChI=1S/C23H24ClN3O3S2/c24-19-3-1-18-14-20(4-2-17(18)13-19)32(29,30)12-7-22(28)26-9-5-16(6-10-26)21-15-31-23-25-8-11-27(21)23/h1-4,13-16H,5-12H2. The van der Waals surface area contributed by atoms with E-state index in [0.29, 0.717) is 24.0 Å². The SMILES string of the molecule is O=C(CCS(=O)(=O)c1ccc2cc(Cl)ccc2c1)N1CCC(C2=CSC3=NCCN23)CC1. The number of hydrogen-bond donors (Lipinski definition) is 0. The van der Waals surface area contributed by atoms with Crippen molar-refractivity contribution in [2.45, 2.75) is 24.2 Å². The summed E-state index contributed by atoms with van der Waals surface area (Å²) in [6.07, 6.45) is 1.82. The maximum absolute atomic E-state index is 12.8. The third kappa shape index (κ3) is 4.28. The van der Waals surface area contributed by atoms with E-state index in [1.54, 1.807) is 48.2 Å². The Bertz CT molecular complexity index is 1230. The van der Waals surface area contributed by atoms with Crippen LogP contribution in [0.25, 0.3) is 10.8 Å². The lowest BCUT2D eigenvalue weighted by Gasteiger charge is -2.34. The highest BCUT2D eigenvalue weighted by molar-refractivity contribution is 8.16. The van der Waals surface area contributed by atoms with E-state index in [9.17, 15) is 13.2 Å². The van der Waals surface area contributed by atoms with Gasteiger partial charge in [0.05, 0.1) is 17.2 Å². The highest BCUT2D eigenvalue weighted by Gasteiger charge is 2.34. The summed E-state index contributed by atoms with van der Waals surface area (Å²) in [4.78, 5) is 21.6. The minimum absolute atomic E-state index is 0.00708. The highest BCUT2D eigenvalue weighted by atomic mass is 35.5. The van der Waals surface area contributed by atoms with Crippen molar-refractivity contribution in [1.29, 1.82) is 0 Å². The summed E-state index contributed by atoms with van der Waals surface area (Å²) in [5.74, 6) is 0.172. The van der Waals surface area contributed by atoms with Crippen LogP contribution in [0.1, 0.15) is 19.3 Å². The molecule has 3 aliphatic heterocycles. The largest absolute Gasteiger partial charge is 0.343 e. The van der Waals surface area contributed by atoms with Crippen LogP contribution in [0.15, 0.2) is 57.4 Å². The minimum Gasteiger partial charge on any atom is -0.343 e. The van der Waals surface area contributed by atoms with Crippen LogP contribution >= 0.6 is 23.4 Å². The van der Waals surface area contributed by atoms with Crippen LogP contribution in [0.4, 0.5) is 0 Å². The zero-order valence-electron chi connectivity index (χ0n) is 17.5. The fourth-order valence-electron chi connectivity index (χ4n) is 4.57. The second kappa shape index (κ2) is 8.72. The first-order valence-corrected chi connectivity index (χ1v) is 13.7. The topological polar surface area (TPSA) is 70.0 Å². The summed E-state index contributed by atoms with van der Waals surface area (Å²) in [5.41, 5.74) is 1.33. The van der Waals surface area contributed by atoms with E-state index in [4.69, 9.17) is 11.6 Å². The van der Waals surface area contributed by atoms with Crippen LogP contribution in [-0.2, 0) is 14.6 Å². The third-order valence-electron chi connectivity index (χ3n) is 6.38. The molecule has 0 aliphatic carbocycles. The maximum Gasteiger partial charge on any atom is 0.223 e. The van der Waals surface area contributed by atoms with Crippen molar-refractivity contribution in [1.82, 2.24) is 9.80 Å². The molecule has 0 spiro atoms. The molecule has 0 atom stereocenters. The van der Waals surface area contributed by atoms with Gasteiger partial charge in [-0.1, -0.05) is 35.5 Å². The predicted octanol–water partition coefficient (Wildman–Crippen LogP) is 4.16. The first kappa shape index (κ1) is 21.8. The van der Waals surface area contributed by atoms with Gasteiger partial charge < -0.3 is 9.80 Å². The van der Waals surface area contributed by atoms with Crippen LogP contribution in [0.5, 0.6) is 0 Å². The number of hydrogen-bond acceptors (Lipinski definition) is 6.